The molecular formula is C26H29N7O4. The highest BCUT2D eigenvalue weighted by Gasteiger charge is 2.30. The van der Waals surface area contributed by atoms with Crippen LogP contribution in [-0.4, -0.2) is 46.3 Å². The summed E-state index contributed by atoms with van der Waals surface area (Å²) >= 11 is 0. The van der Waals surface area contributed by atoms with Crippen molar-refractivity contribution >= 4 is 35.0 Å². The van der Waals surface area contributed by atoms with Gasteiger partial charge in [0.05, 0.1) is 30.7 Å². The second-order valence-electron chi connectivity index (χ2n) is 8.87. The highest BCUT2D eigenvalue weighted by atomic mass is 16.5. The van der Waals surface area contributed by atoms with Crippen molar-refractivity contribution in [2.24, 2.45) is 0 Å². The number of fused-ring (bicyclic) bond motifs is 1. The fraction of sp³-hybridized carbons (Fsp3) is 0.308. The van der Waals surface area contributed by atoms with Crippen LogP contribution < -0.4 is 25.7 Å². The molecule has 1 aromatic heterocycles. The monoisotopic (exact) mass is 503 g/mol. The molecule has 0 unspecified atom stereocenters. The van der Waals surface area contributed by atoms with Crippen LogP contribution in [0.2, 0.25) is 0 Å². The first kappa shape index (κ1) is 24.3. The van der Waals surface area contributed by atoms with Crippen LogP contribution in [0.25, 0.3) is 5.69 Å². The number of carbonyl (C=O) groups excluding carboxylic acids is 3. The van der Waals surface area contributed by atoms with Crippen LogP contribution in [0.1, 0.15) is 37.4 Å². The van der Waals surface area contributed by atoms with E-state index in [9.17, 15) is 14.4 Å². The molecule has 0 radical (unpaired) electrons. The highest BCUT2D eigenvalue weighted by molar-refractivity contribution is 5.95. The first-order valence-electron chi connectivity index (χ1n) is 12.2. The molecule has 3 heterocycles. The lowest BCUT2D eigenvalue weighted by Crippen LogP contribution is -2.41. The van der Waals surface area contributed by atoms with Gasteiger partial charge in [-0.1, -0.05) is 19.1 Å². The molecular weight excluding hydrogens is 474 g/mol. The maximum Gasteiger partial charge on any atom is 0.333 e. The third kappa shape index (κ3) is 4.98. The largest absolute Gasteiger partial charge is 0.495 e. The highest BCUT2D eigenvalue weighted by Crippen LogP contribution is 2.32. The molecule has 5 rings (SSSR count). The summed E-state index contributed by atoms with van der Waals surface area (Å²) in [6, 6.07) is 14.3. The molecule has 0 bridgehead atoms. The van der Waals surface area contributed by atoms with Gasteiger partial charge in [-0.25, -0.2) is 14.5 Å². The van der Waals surface area contributed by atoms with E-state index in [1.165, 1.54) is 0 Å². The standard InChI is InChI=1S/C26H29N7O4/c1-3-23(34)28-25-19-15-31(30-26(36)27-20-7-4-5-8-22(20)37-2)16-21(19)29-33(25)18-12-10-17(11-13-18)32-14-6-9-24(32)35/h4-5,7-8,10-13H,3,6,9,14-16H2,1-2H3,(H,28,34)(H2,27,30,36). The number of carbonyl (C=O) groups is 3. The normalized spacial score (nSPS) is 15.0. The smallest absolute Gasteiger partial charge is 0.333 e. The number of ether oxygens (including phenoxy) is 1. The summed E-state index contributed by atoms with van der Waals surface area (Å²) in [4.78, 5) is 38.9. The molecule has 0 aliphatic carbocycles. The van der Waals surface area contributed by atoms with E-state index in [-0.39, 0.29) is 11.8 Å². The number of benzene rings is 2. The molecule has 2 aliphatic rings. The number of aromatic nitrogens is 2. The molecule has 0 spiro atoms. The Morgan fingerprint density at radius 1 is 1.03 bits per heavy atom. The maximum absolute atomic E-state index is 12.6. The van der Waals surface area contributed by atoms with Gasteiger partial charge < -0.3 is 20.3 Å². The zero-order chi connectivity index (χ0) is 25.9. The molecule has 37 heavy (non-hydrogen) atoms. The minimum Gasteiger partial charge on any atom is -0.495 e. The minimum absolute atomic E-state index is 0.129. The summed E-state index contributed by atoms with van der Waals surface area (Å²) in [5.74, 6) is 1.12. The number of hydrogen-bond acceptors (Lipinski definition) is 6. The lowest BCUT2D eigenvalue weighted by molar-refractivity contribution is -0.117. The molecule has 1 saturated heterocycles. The molecule has 11 heteroatoms. The van der Waals surface area contributed by atoms with Crippen molar-refractivity contribution in [3.05, 3.63) is 59.8 Å². The van der Waals surface area contributed by atoms with E-state index in [0.29, 0.717) is 43.2 Å². The Bertz CT molecular complexity index is 1340. The number of methoxy groups -OCH3 is 1. The van der Waals surface area contributed by atoms with E-state index in [0.717, 1.165) is 35.6 Å². The van der Waals surface area contributed by atoms with Crippen molar-refractivity contribution in [3.8, 4) is 11.4 Å². The van der Waals surface area contributed by atoms with Crippen molar-refractivity contribution < 1.29 is 19.1 Å². The SMILES string of the molecule is CCC(=O)Nc1c2c(nn1-c1ccc(N3CCCC3=O)cc1)CN(NC(=O)Nc1ccccc1OC)C2. The second kappa shape index (κ2) is 10.3. The van der Waals surface area contributed by atoms with E-state index < -0.39 is 6.03 Å². The Labute approximate surface area is 214 Å². The summed E-state index contributed by atoms with van der Waals surface area (Å²) in [6.07, 6.45) is 1.75. The molecule has 2 aliphatic heterocycles. The number of urea groups is 1. The van der Waals surface area contributed by atoms with Gasteiger partial charge in [0.1, 0.15) is 11.6 Å². The van der Waals surface area contributed by atoms with E-state index >= 15 is 0 Å². The van der Waals surface area contributed by atoms with Crippen LogP contribution in [0.3, 0.4) is 0 Å². The number of anilines is 3. The minimum atomic E-state index is -0.409. The number of hydrazine groups is 1. The van der Waals surface area contributed by atoms with Gasteiger partial charge in [-0.3, -0.25) is 15.0 Å². The first-order chi connectivity index (χ1) is 18.0. The molecule has 3 aromatic rings. The van der Waals surface area contributed by atoms with Gasteiger partial charge in [-0.05, 0) is 42.8 Å². The van der Waals surface area contributed by atoms with Gasteiger partial charge in [-0.15, -0.1) is 0 Å². The predicted molar refractivity (Wildman–Crippen MR) is 138 cm³/mol. The van der Waals surface area contributed by atoms with Crippen LogP contribution in [0.4, 0.5) is 22.0 Å². The van der Waals surface area contributed by atoms with E-state index in [2.05, 4.69) is 16.1 Å². The third-order valence-corrected chi connectivity index (χ3v) is 6.43. The summed E-state index contributed by atoms with van der Waals surface area (Å²) in [6.45, 7) is 3.25. The average molecular weight is 504 g/mol. The molecule has 2 aromatic carbocycles. The molecule has 0 atom stereocenters. The number of hydrogen-bond donors (Lipinski definition) is 3. The number of nitrogens with one attached hydrogen (secondary N) is 3. The summed E-state index contributed by atoms with van der Waals surface area (Å²) in [5, 5.41) is 12.2. The lowest BCUT2D eigenvalue weighted by atomic mass is 10.2. The first-order valence-corrected chi connectivity index (χ1v) is 12.2. The van der Waals surface area contributed by atoms with E-state index in [1.54, 1.807) is 40.8 Å². The topological polar surface area (TPSA) is 121 Å². The van der Waals surface area contributed by atoms with E-state index in [1.807, 2.05) is 36.4 Å². The van der Waals surface area contributed by atoms with Crippen LogP contribution in [-0.2, 0) is 22.7 Å². The fourth-order valence-electron chi connectivity index (χ4n) is 4.57. The molecule has 192 valence electrons. The van der Waals surface area contributed by atoms with E-state index in [4.69, 9.17) is 9.84 Å². The molecule has 11 nitrogen and oxygen atoms in total. The van der Waals surface area contributed by atoms with Gasteiger partial charge in [0.15, 0.2) is 0 Å². The van der Waals surface area contributed by atoms with Crippen molar-refractivity contribution in [2.75, 3.05) is 29.2 Å². The van der Waals surface area contributed by atoms with Crippen LogP contribution in [0.5, 0.6) is 5.75 Å². The van der Waals surface area contributed by atoms with Crippen LogP contribution in [0.15, 0.2) is 48.5 Å². The van der Waals surface area contributed by atoms with Gasteiger partial charge in [0.25, 0.3) is 0 Å². The average Bonchev–Trinajstić information content (AvgIpc) is 3.59. The Hall–Kier alpha value is -4.38. The Balaban J connectivity index is 1.33. The number of rotatable bonds is 7. The Morgan fingerprint density at radius 3 is 2.49 bits per heavy atom. The molecule has 1 fully saturated rings. The summed E-state index contributed by atoms with van der Waals surface area (Å²) in [5.41, 5.74) is 6.59. The summed E-state index contributed by atoms with van der Waals surface area (Å²) in [7, 11) is 1.54. The zero-order valence-electron chi connectivity index (χ0n) is 20.8. The Morgan fingerprint density at radius 2 is 1.78 bits per heavy atom. The summed E-state index contributed by atoms with van der Waals surface area (Å²) < 4.78 is 6.99. The third-order valence-electron chi connectivity index (χ3n) is 6.43. The predicted octanol–water partition coefficient (Wildman–Crippen LogP) is 3.41. The number of para-hydroxylation sites is 2. The lowest BCUT2D eigenvalue weighted by Gasteiger charge is -2.19. The fourth-order valence-corrected chi connectivity index (χ4v) is 4.57. The van der Waals surface area contributed by atoms with Crippen LogP contribution in [0, 0.1) is 0 Å². The molecule has 3 N–H and O–H groups in total. The van der Waals surface area contributed by atoms with Gasteiger partial charge >= 0.3 is 6.03 Å². The number of nitrogens with zero attached hydrogens (tertiary/aromatic N) is 4. The quantitative estimate of drug-likeness (QED) is 0.454. The van der Waals surface area contributed by atoms with Gasteiger partial charge in [-0.2, -0.15) is 5.10 Å². The van der Waals surface area contributed by atoms with Crippen molar-refractivity contribution in [1.29, 1.82) is 0 Å². The zero-order valence-corrected chi connectivity index (χ0v) is 20.8. The second-order valence-corrected chi connectivity index (χ2v) is 8.87. The Kier molecular flexibility index (Phi) is 6.78. The van der Waals surface area contributed by atoms with Crippen molar-refractivity contribution in [1.82, 2.24) is 20.2 Å². The van der Waals surface area contributed by atoms with Gasteiger partial charge in [0.2, 0.25) is 11.8 Å². The molecule has 0 saturated carbocycles. The van der Waals surface area contributed by atoms with Crippen molar-refractivity contribution in [2.45, 2.75) is 39.3 Å². The van der Waals surface area contributed by atoms with Gasteiger partial charge in [0, 0.05) is 37.2 Å². The van der Waals surface area contributed by atoms with Crippen molar-refractivity contribution in [3.63, 3.8) is 0 Å². The van der Waals surface area contributed by atoms with Crippen LogP contribution >= 0.6 is 0 Å². The molecule has 4 amide bonds. The maximum atomic E-state index is 12.6. The number of amides is 4.